The monoisotopic (exact) mass is 357 g/mol. The van der Waals surface area contributed by atoms with Gasteiger partial charge in [0.05, 0.1) is 11.8 Å². The quantitative estimate of drug-likeness (QED) is 0.633. The van der Waals surface area contributed by atoms with Crippen molar-refractivity contribution in [3.05, 3.63) is 42.2 Å². The number of carbonyl (C=O) groups excluding carboxylic acids is 3. The smallest absolute Gasteiger partial charge is 0.250 e. The summed E-state index contributed by atoms with van der Waals surface area (Å²) in [5.41, 5.74) is -0.573. The first-order chi connectivity index (χ1) is 12.3. The average Bonchev–Trinajstić information content (AvgIpc) is 3.17. The molecular formula is C19H20FN3O3. The number of likely N-dealkylation sites (tertiary alicyclic amines) is 1. The number of hydrogen-bond donors (Lipinski definition) is 2. The van der Waals surface area contributed by atoms with Crippen molar-refractivity contribution in [2.45, 2.75) is 25.4 Å². The van der Waals surface area contributed by atoms with Gasteiger partial charge in [0, 0.05) is 23.8 Å². The van der Waals surface area contributed by atoms with E-state index in [1.165, 1.54) is 24.3 Å². The van der Waals surface area contributed by atoms with E-state index in [1.54, 1.807) is 0 Å². The van der Waals surface area contributed by atoms with Gasteiger partial charge in [0.15, 0.2) is 0 Å². The Bertz CT molecular complexity index is 852. The van der Waals surface area contributed by atoms with E-state index in [-0.39, 0.29) is 24.4 Å². The maximum atomic E-state index is 14.0. The Morgan fingerprint density at radius 3 is 2.69 bits per heavy atom. The predicted octanol–water partition coefficient (Wildman–Crippen LogP) is 1.39. The molecule has 2 N–H and O–H groups in total. The van der Waals surface area contributed by atoms with E-state index >= 15 is 0 Å². The highest BCUT2D eigenvalue weighted by Crippen LogP contribution is 2.53. The number of fused-ring (bicyclic) bond motifs is 4. The minimum atomic E-state index is -1.43. The Morgan fingerprint density at radius 1 is 1.31 bits per heavy atom. The predicted molar refractivity (Wildman–Crippen MR) is 92.4 cm³/mol. The lowest BCUT2D eigenvalue weighted by atomic mass is 9.76. The summed E-state index contributed by atoms with van der Waals surface area (Å²) >= 11 is 0. The number of rotatable bonds is 3. The van der Waals surface area contributed by atoms with Crippen molar-refractivity contribution in [3.63, 3.8) is 0 Å². The molecule has 2 fully saturated rings. The molecule has 3 aliphatic heterocycles. The third-order valence-corrected chi connectivity index (χ3v) is 5.73. The maximum absolute atomic E-state index is 14.0. The normalized spacial score (nSPS) is 32.4. The third-order valence-electron chi connectivity index (χ3n) is 5.73. The van der Waals surface area contributed by atoms with Gasteiger partial charge in [0.1, 0.15) is 11.4 Å². The van der Waals surface area contributed by atoms with E-state index in [0.29, 0.717) is 11.3 Å². The van der Waals surface area contributed by atoms with Crippen LogP contribution in [0.5, 0.6) is 0 Å². The second-order valence-corrected chi connectivity index (χ2v) is 7.45. The van der Waals surface area contributed by atoms with Crippen LogP contribution in [0.25, 0.3) is 0 Å². The molecule has 0 unspecified atom stereocenters. The number of halogens is 1. The SMILES string of the molecule is C=CCN1C(=O)[C@H]2[C@@H](C1=O)[C@@]1(N[C@H]2C(C)C)C(=O)Nc2ccc(F)cc21. The zero-order valence-corrected chi connectivity index (χ0v) is 14.6. The molecule has 1 aromatic rings. The highest BCUT2D eigenvalue weighted by molar-refractivity contribution is 6.15. The van der Waals surface area contributed by atoms with Crippen LogP contribution in [0.1, 0.15) is 19.4 Å². The fourth-order valence-electron chi connectivity index (χ4n) is 4.65. The minimum Gasteiger partial charge on any atom is -0.324 e. The molecule has 136 valence electrons. The molecule has 4 atom stereocenters. The molecule has 6 nitrogen and oxygen atoms in total. The Balaban J connectivity index is 1.92. The van der Waals surface area contributed by atoms with Gasteiger partial charge in [-0.1, -0.05) is 19.9 Å². The molecule has 2 saturated heterocycles. The molecule has 7 heteroatoms. The maximum Gasteiger partial charge on any atom is 0.250 e. The molecule has 1 aromatic carbocycles. The molecule has 3 heterocycles. The Kier molecular flexibility index (Phi) is 3.56. The molecule has 26 heavy (non-hydrogen) atoms. The van der Waals surface area contributed by atoms with E-state index in [2.05, 4.69) is 17.2 Å². The van der Waals surface area contributed by atoms with Gasteiger partial charge in [-0.3, -0.25) is 24.6 Å². The highest BCUT2D eigenvalue weighted by Gasteiger charge is 2.70. The molecule has 0 bridgehead atoms. The van der Waals surface area contributed by atoms with Gasteiger partial charge in [0.2, 0.25) is 17.7 Å². The number of nitrogens with one attached hydrogen (secondary N) is 2. The Labute approximate surface area is 150 Å². The van der Waals surface area contributed by atoms with Gasteiger partial charge in [-0.2, -0.15) is 0 Å². The Morgan fingerprint density at radius 2 is 2.04 bits per heavy atom. The summed E-state index contributed by atoms with van der Waals surface area (Å²) in [5.74, 6) is -3.19. The summed E-state index contributed by atoms with van der Waals surface area (Å²) < 4.78 is 14.0. The number of anilines is 1. The number of benzene rings is 1. The van der Waals surface area contributed by atoms with Crippen LogP contribution >= 0.6 is 0 Å². The number of hydrogen-bond acceptors (Lipinski definition) is 4. The van der Waals surface area contributed by atoms with Crippen molar-refractivity contribution < 1.29 is 18.8 Å². The van der Waals surface area contributed by atoms with E-state index in [0.717, 1.165) is 4.90 Å². The van der Waals surface area contributed by atoms with Crippen LogP contribution in [0.2, 0.25) is 0 Å². The molecule has 0 saturated carbocycles. The summed E-state index contributed by atoms with van der Waals surface area (Å²) in [6.45, 7) is 7.57. The fourth-order valence-corrected chi connectivity index (χ4v) is 4.65. The molecule has 3 aliphatic rings. The number of nitrogens with zero attached hydrogens (tertiary/aromatic N) is 1. The molecule has 0 aliphatic carbocycles. The van der Waals surface area contributed by atoms with Crippen molar-refractivity contribution >= 4 is 23.4 Å². The topological polar surface area (TPSA) is 78.5 Å². The average molecular weight is 357 g/mol. The molecule has 0 aromatic heterocycles. The second kappa shape index (κ2) is 5.48. The standard InChI is InChI=1S/C19H20FN3O3/c1-4-7-23-16(24)13-14(17(23)25)19(22-15(13)9(2)3)11-8-10(20)5-6-12(11)21-18(19)26/h4-6,8-9,13-15,22H,1,7H2,2-3H3,(H,21,26)/t13-,14-,15-,19+/m0/s1. The van der Waals surface area contributed by atoms with Crippen LogP contribution in [-0.2, 0) is 19.9 Å². The number of amides is 3. The third kappa shape index (κ3) is 1.92. The lowest BCUT2D eigenvalue weighted by Gasteiger charge is -2.30. The van der Waals surface area contributed by atoms with Crippen LogP contribution < -0.4 is 10.6 Å². The van der Waals surface area contributed by atoms with Crippen LogP contribution in [0.4, 0.5) is 10.1 Å². The van der Waals surface area contributed by atoms with Crippen molar-refractivity contribution in [1.82, 2.24) is 10.2 Å². The summed E-state index contributed by atoms with van der Waals surface area (Å²) in [5, 5.41) is 5.99. The first-order valence-electron chi connectivity index (χ1n) is 8.68. The largest absolute Gasteiger partial charge is 0.324 e. The van der Waals surface area contributed by atoms with Gasteiger partial charge >= 0.3 is 0 Å². The van der Waals surface area contributed by atoms with Gasteiger partial charge in [-0.25, -0.2) is 4.39 Å². The van der Waals surface area contributed by atoms with Gasteiger partial charge < -0.3 is 5.32 Å². The fraction of sp³-hybridized carbons (Fsp3) is 0.421. The minimum absolute atomic E-state index is 0.00714. The lowest BCUT2D eigenvalue weighted by Crippen LogP contribution is -2.54. The molecular weight excluding hydrogens is 337 g/mol. The summed E-state index contributed by atoms with van der Waals surface area (Å²) in [4.78, 5) is 40.2. The molecule has 4 rings (SSSR count). The van der Waals surface area contributed by atoms with Crippen LogP contribution in [0.3, 0.4) is 0 Å². The van der Waals surface area contributed by atoms with Gasteiger partial charge in [-0.15, -0.1) is 6.58 Å². The zero-order valence-electron chi connectivity index (χ0n) is 14.6. The summed E-state index contributed by atoms with van der Waals surface area (Å²) in [6, 6.07) is 3.65. The van der Waals surface area contributed by atoms with Crippen molar-refractivity contribution in [3.8, 4) is 0 Å². The Hall–Kier alpha value is -2.54. The highest BCUT2D eigenvalue weighted by atomic mass is 19.1. The van der Waals surface area contributed by atoms with E-state index in [1.807, 2.05) is 13.8 Å². The van der Waals surface area contributed by atoms with Crippen LogP contribution in [0.15, 0.2) is 30.9 Å². The molecule has 3 amide bonds. The number of imide groups is 1. The number of carbonyl (C=O) groups is 3. The van der Waals surface area contributed by atoms with Crippen molar-refractivity contribution in [1.29, 1.82) is 0 Å². The van der Waals surface area contributed by atoms with Crippen molar-refractivity contribution in [2.24, 2.45) is 17.8 Å². The second-order valence-electron chi connectivity index (χ2n) is 7.45. The first kappa shape index (κ1) is 16.9. The van der Waals surface area contributed by atoms with Gasteiger partial charge in [0.25, 0.3) is 0 Å². The summed E-state index contributed by atoms with van der Waals surface area (Å²) in [7, 11) is 0. The van der Waals surface area contributed by atoms with Crippen molar-refractivity contribution in [2.75, 3.05) is 11.9 Å². The lowest BCUT2D eigenvalue weighted by molar-refractivity contribution is -0.142. The van der Waals surface area contributed by atoms with E-state index in [9.17, 15) is 18.8 Å². The molecule has 1 spiro atoms. The van der Waals surface area contributed by atoms with E-state index in [4.69, 9.17) is 0 Å². The van der Waals surface area contributed by atoms with Crippen LogP contribution in [0, 0.1) is 23.6 Å². The summed E-state index contributed by atoms with van der Waals surface area (Å²) in [6.07, 6.45) is 1.49. The zero-order chi connectivity index (χ0) is 18.8. The first-order valence-corrected chi connectivity index (χ1v) is 8.68. The van der Waals surface area contributed by atoms with Crippen LogP contribution in [-0.4, -0.2) is 35.2 Å². The van der Waals surface area contributed by atoms with E-state index < -0.39 is 35.0 Å². The molecule has 0 radical (unpaired) electrons. The van der Waals surface area contributed by atoms with Gasteiger partial charge in [-0.05, 0) is 24.1 Å².